The Labute approximate surface area is 251 Å². The molecule has 5 rings (SSSR count). The molecule has 6 nitrogen and oxygen atoms in total. The Morgan fingerprint density at radius 3 is 2.16 bits per heavy atom. The molecule has 0 aliphatic heterocycles. The summed E-state index contributed by atoms with van der Waals surface area (Å²) in [5.41, 5.74) is 4.96. The van der Waals surface area contributed by atoms with Gasteiger partial charge >= 0.3 is 5.97 Å². The van der Waals surface area contributed by atoms with Gasteiger partial charge in [0.1, 0.15) is 18.2 Å². The van der Waals surface area contributed by atoms with Gasteiger partial charge in [0.25, 0.3) is 0 Å². The average molecular weight is 579 g/mol. The summed E-state index contributed by atoms with van der Waals surface area (Å²) in [6, 6.07) is 29.4. The molecule has 220 valence electrons. The van der Waals surface area contributed by atoms with E-state index in [1.165, 1.54) is 19.2 Å². The number of carbonyl (C=O) groups is 2. The number of amides is 1. The van der Waals surface area contributed by atoms with Crippen LogP contribution in [-0.4, -0.2) is 42.5 Å². The third kappa shape index (κ3) is 6.02. The van der Waals surface area contributed by atoms with Crippen LogP contribution in [0.4, 0.5) is 4.39 Å². The van der Waals surface area contributed by atoms with Crippen molar-refractivity contribution in [3.63, 3.8) is 0 Å². The summed E-state index contributed by atoms with van der Waals surface area (Å²) >= 11 is 0. The number of rotatable bonds is 9. The van der Waals surface area contributed by atoms with Crippen molar-refractivity contribution >= 4 is 22.8 Å². The van der Waals surface area contributed by atoms with Crippen molar-refractivity contribution in [3.05, 3.63) is 120 Å². The Balaban J connectivity index is 1.83. The molecule has 1 aromatic heterocycles. The van der Waals surface area contributed by atoms with E-state index in [2.05, 4.69) is 4.57 Å². The van der Waals surface area contributed by atoms with Gasteiger partial charge in [-0.2, -0.15) is 0 Å². The average Bonchev–Trinajstić information content (AvgIpc) is 3.37. The van der Waals surface area contributed by atoms with E-state index in [1.54, 1.807) is 43.3 Å². The highest BCUT2D eigenvalue weighted by atomic mass is 19.1. The first-order chi connectivity index (χ1) is 20.6. The zero-order valence-corrected chi connectivity index (χ0v) is 25.1. The summed E-state index contributed by atoms with van der Waals surface area (Å²) in [5.74, 6) is -0.114. The molecule has 43 heavy (non-hydrogen) atoms. The summed E-state index contributed by atoms with van der Waals surface area (Å²) in [7, 11) is 4.84. The highest BCUT2D eigenvalue weighted by Gasteiger charge is 2.35. The molecule has 0 aliphatic carbocycles. The second-order valence-electron chi connectivity index (χ2n) is 11.4. The van der Waals surface area contributed by atoms with Gasteiger partial charge in [0.05, 0.1) is 23.6 Å². The van der Waals surface area contributed by atoms with Crippen LogP contribution in [0.2, 0.25) is 0 Å². The van der Waals surface area contributed by atoms with Crippen LogP contribution in [0.25, 0.3) is 27.7 Å². The molecule has 0 saturated carbocycles. The van der Waals surface area contributed by atoms with Gasteiger partial charge in [-0.1, -0.05) is 62.4 Å². The lowest BCUT2D eigenvalue weighted by Crippen LogP contribution is -2.32. The molecule has 1 amide bonds. The molecule has 5 aromatic rings. The summed E-state index contributed by atoms with van der Waals surface area (Å²) in [6.45, 7) is 4.44. The molecule has 7 heteroatoms. The predicted octanol–water partition coefficient (Wildman–Crippen LogP) is 7.56. The van der Waals surface area contributed by atoms with E-state index in [9.17, 15) is 14.0 Å². The van der Waals surface area contributed by atoms with Gasteiger partial charge in [-0.3, -0.25) is 4.79 Å². The number of hydrogen-bond donors (Lipinski definition) is 0. The molecule has 0 spiro atoms. The molecule has 0 atom stereocenters. The lowest BCUT2D eigenvalue weighted by Gasteiger charge is -2.29. The van der Waals surface area contributed by atoms with Gasteiger partial charge in [0.15, 0.2) is 0 Å². The van der Waals surface area contributed by atoms with Crippen molar-refractivity contribution < 1.29 is 23.5 Å². The van der Waals surface area contributed by atoms with Crippen LogP contribution in [0.5, 0.6) is 5.75 Å². The molecule has 0 fully saturated rings. The lowest BCUT2D eigenvalue weighted by atomic mass is 9.80. The van der Waals surface area contributed by atoms with Gasteiger partial charge in [-0.15, -0.1) is 0 Å². The minimum atomic E-state index is -0.679. The van der Waals surface area contributed by atoms with Crippen molar-refractivity contribution in [1.29, 1.82) is 0 Å². The van der Waals surface area contributed by atoms with Crippen LogP contribution in [0.1, 0.15) is 41.9 Å². The van der Waals surface area contributed by atoms with Crippen LogP contribution in [0.3, 0.4) is 0 Å². The van der Waals surface area contributed by atoms with E-state index in [1.807, 2.05) is 74.5 Å². The van der Waals surface area contributed by atoms with Crippen LogP contribution >= 0.6 is 0 Å². The zero-order chi connectivity index (χ0) is 30.7. The van der Waals surface area contributed by atoms with E-state index >= 15 is 0 Å². The SMILES string of the molecule is COC(=O)c1ccc(-c2c(C(C)(C)CC(=O)N(C)C)n(-c3ccc(F)cc3)c3cccc(OCc4ccccc4)c23)cc1. The Hall–Kier alpha value is -4.91. The molecule has 0 unspecified atom stereocenters. The largest absolute Gasteiger partial charge is 0.488 e. The first-order valence-electron chi connectivity index (χ1n) is 14.1. The van der Waals surface area contributed by atoms with Gasteiger partial charge in [-0.25, -0.2) is 9.18 Å². The standard InChI is InChI=1S/C36H35FN2O4/c1-36(2,22-31(40)38(3)4)34-32(25-14-16-26(17-15-25)35(41)42-5)33-29(39(34)28-20-18-27(37)19-21-28)12-9-13-30(33)43-23-24-10-7-6-8-11-24/h6-21H,22-23H2,1-5H3. The summed E-state index contributed by atoms with van der Waals surface area (Å²) in [5, 5.41) is 0.856. The summed E-state index contributed by atoms with van der Waals surface area (Å²) in [6.07, 6.45) is 0.227. The molecular formula is C36H35FN2O4. The molecular weight excluding hydrogens is 543 g/mol. The molecule has 0 aliphatic rings. The fraction of sp³-hybridized carbons (Fsp3) is 0.222. The van der Waals surface area contributed by atoms with Gasteiger partial charge < -0.3 is 18.9 Å². The van der Waals surface area contributed by atoms with E-state index < -0.39 is 11.4 Å². The smallest absolute Gasteiger partial charge is 0.337 e. The van der Waals surface area contributed by atoms with Crippen molar-refractivity contribution in [2.75, 3.05) is 21.2 Å². The third-order valence-corrected chi connectivity index (χ3v) is 7.61. The van der Waals surface area contributed by atoms with Gasteiger partial charge in [0, 0.05) is 42.9 Å². The highest BCUT2D eigenvalue weighted by molar-refractivity contribution is 6.04. The first kappa shape index (κ1) is 29.6. The van der Waals surface area contributed by atoms with E-state index in [-0.39, 0.29) is 18.1 Å². The molecule has 0 saturated heterocycles. The van der Waals surface area contributed by atoms with Crippen molar-refractivity contribution in [2.24, 2.45) is 0 Å². The third-order valence-electron chi connectivity index (χ3n) is 7.61. The topological polar surface area (TPSA) is 60.8 Å². The fourth-order valence-electron chi connectivity index (χ4n) is 5.45. The Kier molecular flexibility index (Phi) is 8.35. The Morgan fingerprint density at radius 2 is 1.53 bits per heavy atom. The number of benzene rings is 4. The van der Waals surface area contributed by atoms with E-state index in [4.69, 9.17) is 9.47 Å². The fourth-order valence-corrected chi connectivity index (χ4v) is 5.45. The number of esters is 1. The Bertz CT molecular complexity index is 1760. The van der Waals surface area contributed by atoms with Gasteiger partial charge in [0.2, 0.25) is 5.91 Å². The number of hydrogen-bond acceptors (Lipinski definition) is 4. The number of nitrogens with zero attached hydrogens (tertiary/aromatic N) is 2. The van der Waals surface area contributed by atoms with Crippen molar-refractivity contribution in [3.8, 4) is 22.6 Å². The quantitative estimate of drug-likeness (QED) is 0.169. The zero-order valence-electron chi connectivity index (χ0n) is 25.1. The maximum atomic E-state index is 14.1. The van der Waals surface area contributed by atoms with Crippen LogP contribution < -0.4 is 4.74 Å². The Morgan fingerprint density at radius 1 is 0.860 bits per heavy atom. The highest BCUT2D eigenvalue weighted by Crippen LogP contribution is 2.47. The molecule has 4 aromatic carbocycles. The minimum Gasteiger partial charge on any atom is -0.488 e. The van der Waals surface area contributed by atoms with Crippen LogP contribution in [0, 0.1) is 5.82 Å². The molecule has 0 bridgehead atoms. The summed E-state index contributed by atoms with van der Waals surface area (Å²) in [4.78, 5) is 27.0. The number of fused-ring (bicyclic) bond motifs is 1. The minimum absolute atomic E-state index is 0.0200. The molecule has 0 N–H and O–H groups in total. The summed E-state index contributed by atoms with van der Waals surface area (Å²) < 4.78 is 27.6. The van der Waals surface area contributed by atoms with Crippen molar-refractivity contribution in [2.45, 2.75) is 32.3 Å². The van der Waals surface area contributed by atoms with Crippen molar-refractivity contribution in [1.82, 2.24) is 9.47 Å². The maximum Gasteiger partial charge on any atom is 0.337 e. The second-order valence-corrected chi connectivity index (χ2v) is 11.4. The molecule has 0 radical (unpaired) electrons. The normalized spacial score (nSPS) is 11.4. The van der Waals surface area contributed by atoms with Gasteiger partial charge in [-0.05, 0) is 59.7 Å². The monoisotopic (exact) mass is 578 g/mol. The number of methoxy groups -OCH3 is 1. The second kappa shape index (κ2) is 12.1. The number of ether oxygens (including phenoxy) is 2. The lowest BCUT2D eigenvalue weighted by molar-refractivity contribution is -0.129. The van der Waals surface area contributed by atoms with E-state index in [0.717, 1.165) is 39.0 Å². The van der Waals surface area contributed by atoms with Crippen LogP contribution in [0.15, 0.2) is 97.1 Å². The number of aromatic nitrogens is 1. The van der Waals surface area contributed by atoms with E-state index in [0.29, 0.717) is 17.9 Å². The molecule has 1 heterocycles. The number of halogens is 1. The number of carbonyl (C=O) groups excluding carboxylic acids is 2. The van der Waals surface area contributed by atoms with Crippen LogP contribution in [-0.2, 0) is 21.6 Å². The predicted molar refractivity (Wildman–Crippen MR) is 167 cm³/mol. The maximum absolute atomic E-state index is 14.1. The first-order valence-corrected chi connectivity index (χ1v) is 14.1.